The van der Waals surface area contributed by atoms with Crippen LogP contribution >= 0.6 is 0 Å². The largest absolute Gasteiger partial charge is 0.343 e. The molecule has 3 N–H and O–H groups in total. The fourth-order valence-electron chi connectivity index (χ4n) is 4.00. The molecule has 240 valence electrons. The Labute approximate surface area is 260 Å². The van der Waals surface area contributed by atoms with Gasteiger partial charge in [0.15, 0.2) is 9.84 Å². The molecule has 1 heterocycles. The van der Waals surface area contributed by atoms with Gasteiger partial charge in [-0.3, -0.25) is 9.59 Å². The molecule has 2 aliphatic rings. The molecule has 1 aliphatic heterocycles. The van der Waals surface area contributed by atoms with Gasteiger partial charge in [0, 0.05) is 18.7 Å². The molecule has 9 nitrogen and oxygen atoms in total. The Morgan fingerprint density at radius 3 is 1.89 bits per heavy atom. The first-order valence-electron chi connectivity index (χ1n) is 14.6. The fraction of sp³-hybridized carbons (Fsp3) is 0.375. The second kappa shape index (κ2) is 17.6. The second-order valence-electron chi connectivity index (χ2n) is 9.79. The van der Waals surface area contributed by atoms with Crippen LogP contribution in [0, 0.1) is 5.82 Å². The molecule has 3 aromatic rings. The Hall–Kier alpha value is -3.61. The van der Waals surface area contributed by atoms with Crippen LogP contribution in [-0.4, -0.2) is 71.2 Å². The minimum atomic E-state index is -3.67. The number of hydrogen-bond acceptors (Lipinski definition) is 7. The lowest BCUT2D eigenvalue weighted by molar-refractivity contribution is -0.129. The first-order valence-corrected chi connectivity index (χ1v) is 17.9. The van der Waals surface area contributed by atoms with Crippen LogP contribution in [0.1, 0.15) is 55.5 Å². The van der Waals surface area contributed by atoms with Gasteiger partial charge >= 0.3 is 0 Å². The summed E-state index contributed by atoms with van der Waals surface area (Å²) in [7, 11) is -6.76. The number of sulfone groups is 2. The van der Waals surface area contributed by atoms with Crippen molar-refractivity contribution in [3.8, 4) is 0 Å². The molecule has 2 amide bonds. The van der Waals surface area contributed by atoms with Gasteiger partial charge in [0.1, 0.15) is 5.82 Å². The molecule has 0 bridgehead atoms. The highest BCUT2D eigenvalue weighted by atomic mass is 32.2. The van der Waals surface area contributed by atoms with Crippen molar-refractivity contribution >= 4 is 31.5 Å². The Morgan fingerprint density at radius 2 is 1.39 bits per heavy atom. The van der Waals surface area contributed by atoms with Gasteiger partial charge in [0.25, 0.3) is 5.91 Å². The van der Waals surface area contributed by atoms with E-state index in [0.29, 0.717) is 0 Å². The zero-order valence-corrected chi connectivity index (χ0v) is 27.0. The Morgan fingerprint density at radius 1 is 0.886 bits per heavy atom. The first-order chi connectivity index (χ1) is 21.0. The van der Waals surface area contributed by atoms with E-state index in [9.17, 15) is 30.8 Å². The van der Waals surface area contributed by atoms with Gasteiger partial charge in [-0.15, -0.1) is 0 Å². The number of amides is 2. The standard InChI is InChI=1S/C19H20N2O6S2.C9H9F.C2H7N.C2H6/c22-18(21-10-12-28(24,25)13-11-21)14-20-19(23)15-6-8-17(9-7-15)29(26,27)16-4-2-1-3-5-16;10-9-5-3-8(4-6-9)7-1-2-7;1-2-3;1-2/h1-9H,10-14H2,(H,20,23);3-7H,1-2H2;2-3H2,1H3;1-2H3. The van der Waals surface area contributed by atoms with E-state index in [1.165, 1.54) is 71.8 Å². The molecule has 1 saturated carbocycles. The monoisotopic (exact) mass is 647 g/mol. The van der Waals surface area contributed by atoms with Crippen molar-refractivity contribution in [1.82, 2.24) is 10.2 Å². The predicted molar refractivity (Wildman–Crippen MR) is 170 cm³/mol. The highest BCUT2D eigenvalue weighted by Crippen LogP contribution is 2.39. The SMILES string of the molecule is CC.CCN.Fc1ccc(C2CC2)cc1.O=C(NCC(=O)N1CCS(=O)(=O)CC1)c1ccc(S(=O)(=O)c2ccccc2)cc1. The van der Waals surface area contributed by atoms with E-state index in [2.05, 4.69) is 5.32 Å². The molecular weight excluding hydrogens is 605 g/mol. The number of benzene rings is 3. The lowest BCUT2D eigenvalue weighted by Gasteiger charge is -2.26. The van der Waals surface area contributed by atoms with E-state index in [1.807, 2.05) is 32.9 Å². The quantitative estimate of drug-likeness (QED) is 0.408. The normalized spacial score (nSPS) is 15.2. The van der Waals surface area contributed by atoms with E-state index in [1.54, 1.807) is 18.2 Å². The van der Waals surface area contributed by atoms with Gasteiger partial charge in [-0.05, 0) is 79.4 Å². The van der Waals surface area contributed by atoms with Crippen LogP contribution in [0.4, 0.5) is 4.39 Å². The van der Waals surface area contributed by atoms with Crippen LogP contribution in [0.3, 0.4) is 0 Å². The maximum absolute atomic E-state index is 12.6. The summed E-state index contributed by atoms with van der Waals surface area (Å²) in [6.07, 6.45) is 2.57. The highest BCUT2D eigenvalue weighted by Gasteiger charge is 2.25. The molecule has 5 rings (SSSR count). The minimum absolute atomic E-state index is 0.0610. The Bertz CT molecular complexity index is 1530. The number of carbonyl (C=O) groups excluding carboxylic acids is 2. The summed E-state index contributed by atoms with van der Waals surface area (Å²) in [5, 5.41) is 2.48. The van der Waals surface area contributed by atoms with E-state index in [4.69, 9.17) is 5.73 Å². The van der Waals surface area contributed by atoms with Crippen molar-refractivity contribution < 1.29 is 30.8 Å². The van der Waals surface area contributed by atoms with Gasteiger partial charge < -0.3 is 16.0 Å². The number of nitrogens with two attached hydrogens (primary N) is 1. The summed E-state index contributed by atoms with van der Waals surface area (Å²) in [6, 6.07) is 20.2. The van der Waals surface area contributed by atoms with Crippen LogP contribution in [0.5, 0.6) is 0 Å². The van der Waals surface area contributed by atoms with Gasteiger partial charge in [-0.2, -0.15) is 0 Å². The molecule has 0 radical (unpaired) electrons. The minimum Gasteiger partial charge on any atom is -0.343 e. The number of nitrogens with one attached hydrogen (secondary N) is 1. The molecule has 0 atom stereocenters. The summed E-state index contributed by atoms with van der Waals surface area (Å²) in [4.78, 5) is 26.0. The maximum Gasteiger partial charge on any atom is 0.251 e. The van der Waals surface area contributed by atoms with Gasteiger partial charge in [-0.25, -0.2) is 21.2 Å². The van der Waals surface area contributed by atoms with Crippen LogP contribution in [0.25, 0.3) is 0 Å². The van der Waals surface area contributed by atoms with E-state index < -0.39 is 25.6 Å². The third kappa shape index (κ3) is 11.5. The van der Waals surface area contributed by atoms with Crippen molar-refractivity contribution in [2.75, 3.05) is 37.7 Å². The molecule has 3 aromatic carbocycles. The zero-order chi connectivity index (χ0) is 32.8. The third-order valence-corrected chi connectivity index (χ3v) is 9.89. The number of hydrogen-bond donors (Lipinski definition) is 2. The van der Waals surface area contributed by atoms with Crippen molar-refractivity contribution in [1.29, 1.82) is 0 Å². The van der Waals surface area contributed by atoms with Gasteiger partial charge in [0.2, 0.25) is 15.7 Å². The van der Waals surface area contributed by atoms with Gasteiger partial charge in [0.05, 0.1) is 27.8 Å². The number of rotatable bonds is 6. The molecule has 0 spiro atoms. The van der Waals surface area contributed by atoms with E-state index >= 15 is 0 Å². The number of halogens is 1. The van der Waals surface area contributed by atoms with Gasteiger partial charge in [-0.1, -0.05) is 51.1 Å². The molecule has 1 aliphatic carbocycles. The predicted octanol–water partition coefficient (Wildman–Crippen LogP) is 4.20. The summed E-state index contributed by atoms with van der Waals surface area (Å²) >= 11 is 0. The molecule has 1 saturated heterocycles. The fourth-order valence-corrected chi connectivity index (χ4v) is 6.49. The molecule has 12 heteroatoms. The number of nitrogens with zero attached hydrogens (tertiary/aromatic N) is 1. The first kappa shape index (κ1) is 36.6. The van der Waals surface area contributed by atoms with Crippen molar-refractivity contribution in [2.45, 2.75) is 49.3 Å². The summed E-state index contributed by atoms with van der Waals surface area (Å²) < 4.78 is 60.3. The Kier molecular flexibility index (Phi) is 14.7. The average molecular weight is 648 g/mol. The highest BCUT2D eigenvalue weighted by molar-refractivity contribution is 7.91. The summed E-state index contributed by atoms with van der Waals surface area (Å²) in [5.41, 5.74) is 6.35. The molecule has 0 aromatic heterocycles. The second-order valence-corrected chi connectivity index (χ2v) is 14.0. The molecule has 44 heavy (non-hydrogen) atoms. The summed E-state index contributed by atoms with van der Waals surface area (Å²) in [6.45, 7) is 6.62. The van der Waals surface area contributed by atoms with Crippen LogP contribution in [0.2, 0.25) is 0 Å². The molecule has 0 unspecified atom stereocenters. The van der Waals surface area contributed by atoms with Crippen molar-refractivity contribution in [3.63, 3.8) is 0 Å². The Balaban J connectivity index is 0.000000369. The zero-order valence-electron chi connectivity index (χ0n) is 25.4. The smallest absolute Gasteiger partial charge is 0.251 e. The van der Waals surface area contributed by atoms with Crippen LogP contribution in [-0.2, 0) is 24.5 Å². The van der Waals surface area contributed by atoms with Crippen LogP contribution < -0.4 is 11.1 Å². The number of carbonyl (C=O) groups is 2. The van der Waals surface area contributed by atoms with E-state index in [0.717, 1.165) is 12.5 Å². The third-order valence-electron chi connectivity index (χ3n) is 6.50. The van der Waals surface area contributed by atoms with E-state index in [-0.39, 0.29) is 58.2 Å². The maximum atomic E-state index is 12.6. The molecular formula is C32H42FN3O6S2. The summed E-state index contributed by atoms with van der Waals surface area (Å²) in [5.74, 6) is -0.443. The molecule has 2 fully saturated rings. The van der Waals surface area contributed by atoms with Crippen molar-refractivity contribution in [2.24, 2.45) is 5.73 Å². The topological polar surface area (TPSA) is 144 Å². The van der Waals surface area contributed by atoms with Crippen molar-refractivity contribution in [3.05, 3.63) is 95.8 Å². The average Bonchev–Trinajstić information content (AvgIpc) is 3.88. The van der Waals surface area contributed by atoms with Crippen LogP contribution in [0.15, 0.2) is 88.7 Å². The lowest BCUT2D eigenvalue weighted by atomic mass is 10.1. The lowest BCUT2D eigenvalue weighted by Crippen LogP contribution is -2.47.